The third-order valence-corrected chi connectivity index (χ3v) is 4.23. The van der Waals surface area contributed by atoms with Crippen LogP contribution < -0.4 is 5.32 Å². The summed E-state index contributed by atoms with van der Waals surface area (Å²) in [5.41, 5.74) is 0. The number of hydrogen-bond acceptors (Lipinski definition) is 4. The Morgan fingerprint density at radius 3 is 3.06 bits per heavy atom. The number of likely N-dealkylation sites (tertiary alicyclic amines) is 1. The maximum absolute atomic E-state index is 12.6. The molecule has 2 aliphatic heterocycles. The molecule has 0 aliphatic carbocycles. The minimum Gasteiger partial charge on any atom is -0.334 e. The largest absolute Gasteiger partial charge is 0.334 e. The lowest BCUT2D eigenvalue weighted by atomic mass is 10.0. The highest BCUT2D eigenvalue weighted by Crippen LogP contribution is 2.33. The van der Waals surface area contributed by atoms with Crippen LogP contribution in [0.1, 0.15) is 26.3 Å². The van der Waals surface area contributed by atoms with Crippen LogP contribution in [0.2, 0.25) is 0 Å². The number of amides is 1. The maximum Gasteiger partial charge on any atom is 0.247 e. The first-order chi connectivity index (χ1) is 8.68. The molecule has 0 spiro atoms. The van der Waals surface area contributed by atoms with Gasteiger partial charge in [0.15, 0.2) is 0 Å². The number of fused-ring (bicyclic) bond motifs is 1. The normalized spacial score (nSPS) is 32.6. The van der Waals surface area contributed by atoms with Crippen molar-refractivity contribution in [2.75, 3.05) is 13.1 Å². The van der Waals surface area contributed by atoms with E-state index in [1.54, 1.807) is 11.0 Å². The Hall–Kier alpha value is -1.43. The fraction of sp³-hybridized carbons (Fsp3) is 0.750. The van der Waals surface area contributed by atoms with Gasteiger partial charge in [0.25, 0.3) is 0 Å². The fourth-order valence-corrected chi connectivity index (χ4v) is 3.29. The first-order valence-electron chi connectivity index (χ1n) is 6.55. The molecule has 3 rings (SSSR count). The van der Waals surface area contributed by atoms with Crippen molar-refractivity contribution >= 4 is 5.91 Å². The second kappa shape index (κ2) is 4.35. The Morgan fingerprint density at radius 1 is 1.50 bits per heavy atom. The zero-order chi connectivity index (χ0) is 12.7. The van der Waals surface area contributed by atoms with Gasteiger partial charge in [0.2, 0.25) is 5.91 Å². The van der Waals surface area contributed by atoms with E-state index in [9.17, 15) is 4.79 Å². The van der Waals surface area contributed by atoms with Crippen molar-refractivity contribution in [2.45, 2.75) is 38.4 Å². The van der Waals surface area contributed by atoms with Gasteiger partial charge in [-0.1, -0.05) is 0 Å². The number of carbonyl (C=O) groups is 1. The highest BCUT2D eigenvalue weighted by atomic mass is 16.2. The standard InChI is InChI=1S/C12H19N5O/c1-8-3-10-4-13-5-11(10)17(8)12(18)9(2)16-7-14-6-15-16/h6-11,13H,3-5H2,1-2H3. The van der Waals surface area contributed by atoms with E-state index in [2.05, 4.69) is 27.2 Å². The van der Waals surface area contributed by atoms with Crippen LogP contribution in [0.25, 0.3) is 0 Å². The summed E-state index contributed by atoms with van der Waals surface area (Å²) in [7, 11) is 0. The molecule has 0 bridgehead atoms. The van der Waals surface area contributed by atoms with Crippen molar-refractivity contribution in [3.63, 3.8) is 0 Å². The Kier molecular flexibility index (Phi) is 2.81. The van der Waals surface area contributed by atoms with Gasteiger partial charge in [-0.3, -0.25) is 4.79 Å². The monoisotopic (exact) mass is 249 g/mol. The number of carbonyl (C=O) groups excluding carboxylic acids is 1. The second-order valence-corrected chi connectivity index (χ2v) is 5.37. The molecule has 3 heterocycles. The fourth-order valence-electron chi connectivity index (χ4n) is 3.29. The first-order valence-corrected chi connectivity index (χ1v) is 6.55. The van der Waals surface area contributed by atoms with Gasteiger partial charge in [-0.05, 0) is 26.2 Å². The molecule has 2 aliphatic rings. The van der Waals surface area contributed by atoms with Crippen LogP contribution in [-0.4, -0.2) is 50.7 Å². The van der Waals surface area contributed by atoms with Gasteiger partial charge >= 0.3 is 0 Å². The summed E-state index contributed by atoms with van der Waals surface area (Å²) in [6, 6.07) is 0.424. The molecular weight excluding hydrogens is 230 g/mol. The second-order valence-electron chi connectivity index (χ2n) is 5.37. The van der Waals surface area contributed by atoms with E-state index in [0.717, 1.165) is 19.5 Å². The van der Waals surface area contributed by atoms with E-state index < -0.39 is 0 Å². The molecule has 6 heteroatoms. The zero-order valence-electron chi connectivity index (χ0n) is 10.8. The lowest BCUT2D eigenvalue weighted by molar-refractivity contribution is -0.137. The molecular formula is C12H19N5O. The van der Waals surface area contributed by atoms with Gasteiger partial charge < -0.3 is 10.2 Å². The minimum absolute atomic E-state index is 0.157. The molecule has 6 nitrogen and oxygen atoms in total. The molecule has 2 fully saturated rings. The molecule has 98 valence electrons. The van der Waals surface area contributed by atoms with E-state index in [4.69, 9.17) is 0 Å². The van der Waals surface area contributed by atoms with Crippen molar-refractivity contribution in [1.29, 1.82) is 0 Å². The predicted molar refractivity (Wildman–Crippen MR) is 65.8 cm³/mol. The summed E-state index contributed by atoms with van der Waals surface area (Å²) < 4.78 is 1.63. The summed E-state index contributed by atoms with van der Waals surface area (Å²) in [5, 5.41) is 7.44. The molecule has 0 radical (unpaired) electrons. The van der Waals surface area contributed by atoms with Crippen LogP contribution in [0.4, 0.5) is 0 Å². The smallest absolute Gasteiger partial charge is 0.247 e. The van der Waals surface area contributed by atoms with Crippen LogP contribution >= 0.6 is 0 Å². The Bertz CT molecular complexity index is 432. The molecule has 1 aromatic rings. The van der Waals surface area contributed by atoms with Crippen molar-refractivity contribution in [1.82, 2.24) is 25.0 Å². The Balaban J connectivity index is 1.79. The third-order valence-electron chi connectivity index (χ3n) is 4.23. The molecule has 18 heavy (non-hydrogen) atoms. The van der Waals surface area contributed by atoms with E-state index >= 15 is 0 Å². The van der Waals surface area contributed by atoms with Crippen molar-refractivity contribution < 1.29 is 4.79 Å². The minimum atomic E-state index is -0.269. The van der Waals surface area contributed by atoms with Crippen molar-refractivity contribution in [3.05, 3.63) is 12.7 Å². The molecule has 0 saturated carbocycles. The molecule has 0 aromatic carbocycles. The number of hydrogen-bond donors (Lipinski definition) is 1. The first kappa shape index (κ1) is 11.6. The van der Waals surface area contributed by atoms with Gasteiger partial charge in [0.05, 0.1) is 0 Å². The summed E-state index contributed by atoms with van der Waals surface area (Å²) in [4.78, 5) is 18.6. The molecule has 2 saturated heterocycles. The van der Waals surface area contributed by atoms with Gasteiger partial charge in [-0.2, -0.15) is 5.10 Å². The van der Waals surface area contributed by atoms with Crippen molar-refractivity contribution in [3.8, 4) is 0 Å². The van der Waals surface area contributed by atoms with Crippen molar-refractivity contribution in [2.24, 2.45) is 5.92 Å². The number of nitrogens with zero attached hydrogens (tertiary/aromatic N) is 4. The zero-order valence-corrected chi connectivity index (χ0v) is 10.8. The topological polar surface area (TPSA) is 63.1 Å². The van der Waals surface area contributed by atoms with Crippen LogP contribution in [0.3, 0.4) is 0 Å². The molecule has 4 atom stereocenters. The van der Waals surface area contributed by atoms with Gasteiger partial charge in [0, 0.05) is 25.2 Å². The van der Waals surface area contributed by atoms with E-state index in [0.29, 0.717) is 18.0 Å². The molecule has 4 unspecified atom stereocenters. The van der Waals surface area contributed by atoms with E-state index in [1.807, 2.05) is 6.92 Å². The SMILES string of the molecule is CC1CC2CNCC2N1C(=O)C(C)n1cncn1. The lowest BCUT2D eigenvalue weighted by Crippen LogP contribution is -2.45. The average molecular weight is 249 g/mol. The van der Waals surface area contributed by atoms with Gasteiger partial charge in [0.1, 0.15) is 18.7 Å². The summed E-state index contributed by atoms with van der Waals surface area (Å²) in [6.45, 7) is 5.99. The molecule has 1 N–H and O–H groups in total. The Morgan fingerprint density at radius 2 is 2.33 bits per heavy atom. The highest BCUT2D eigenvalue weighted by Gasteiger charge is 2.45. The third kappa shape index (κ3) is 1.71. The predicted octanol–water partition coefficient (Wildman–Crippen LogP) is 0.0479. The van der Waals surface area contributed by atoms with Crippen LogP contribution in [-0.2, 0) is 4.79 Å². The van der Waals surface area contributed by atoms with Gasteiger partial charge in [-0.25, -0.2) is 9.67 Å². The van der Waals surface area contributed by atoms with Crippen LogP contribution in [0.5, 0.6) is 0 Å². The average Bonchev–Trinajstić information content (AvgIpc) is 3.02. The van der Waals surface area contributed by atoms with E-state index in [-0.39, 0.29) is 11.9 Å². The summed E-state index contributed by atoms with van der Waals surface area (Å²) in [5.74, 6) is 0.774. The van der Waals surface area contributed by atoms with Crippen LogP contribution in [0.15, 0.2) is 12.7 Å². The molecule has 1 aromatic heterocycles. The number of aromatic nitrogens is 3. The number of nitrogens with one attached hydrogen (secondary N) is 1. The van der Waals surface area contributed by atoms with Crippen LogP contribution in [0, 0.1) is 5.92 Å². The maximum atomic E-state index is 12.6. The quantitative estimate of drug-likeness (QED) is 0.804. The number of rotatable bonds is 2. The Labute approximate surface area is 106 Å². The summed E-state index contributed by atoms with van der Waals surface area (Å²) in [6.07, 6.45) is 4.18. The van der Waals surface area contributed by atoms with E-state index in [1.165, 1.54) is 6.33 Å². The lowest BCUT2D eigenvalue weighted by Gasteiger charge is -2.30. The van der Waals surface area contributed by atoms with Gasteiger partial charge in [-0.15, -0.1) is 0 Å². The summed E-state index contributed by atoms with van der Waals surface area (Å²) >= 11 is 0. The molecule has 1 amide bonds. The highest BCUT2D eigenvalue weighted by molar-refractivity contribution is 5.81.